The highest BCUT2D eigenvalue weighted by atomic mass is 16.5. The Morgan fingerprint density at radius 3 is 2.64 bits per heavy atom. The van der Waals surface area contributed by atoms with Gasteiger partial charge in [-0.3, -0.25) is 9.58 Å². The Morgan fingerprint density at radius 1 is 1.32 bits per heavy atom. The molecule has 22 heavy (non-hydrogen) atoms. The van der Waals surface area contributed by atoms with Crippen LogP contribution in [-0.2, 0) is 4.74 Å². The van der Waals surface area contributed by atoms with Crippen molar-refractivity contribution in [1.82, 2.24) is 14.7 Å². The Hall–Kier alpha value is -1.36. The highest BCUT2D eigenvalue weighted by molar-refractivity contribution is 5.88. The number of carbonyl (C=O) groups excluding carboxylic acids is 1. The Bertz CT molecular complexity index is 552. The summed E-state index contributed by atoms with van der Waals surface area (Å²) >= 11 is 0. The number of carbonyl (C=O) groups is 1. The van der Waals surface area contributed by atoms with Gasteiger partial charge < -0.3 is 4.74 Å². The molecule has 0 N–H and O–H groups in total. The molecule has 120 valence electrons. The molecule has 0 radical (unpaired) electrons. The number of hydrogen-bond acceptors (Lipinski definition) is 4. The fourth-order valence-electron chi connectivity index (χ4n) is 4.16. The highest BCUT2D eigenvalue weighted by Crippen LogP contribution is 2.58. The normalized spacial score (nSPS) is 25.1. The molecule has 0 aromatic carbocycles. The fraction of sp³-hybridized carbons (Fsp3) is 0.765. The predicted octanol–water partition coefficient (Wildman–Crippen LogP) is 2.64. The molecule has 1 aliphatic heterocycles. The summed E-state index contributed by atoms with van der Waals surface area (Å²) in [4.78, 5) is 14.5. The molecule has 0 spiro atoms. The third-order valence-corrected chi connectivity index (χ3v) is 5.68. The van der Waals surface area contributed by atoms with Crippen molar-refractivity contribution in [2.24, 2.45) is 5.92 Å². The molecule has 0 unspecified atom stereocenters. The maximum Gasteiger partial charge on any atom is 0.341 e. The molecule has 0 atom stereocenters. The molecule has 1 aromatic rings. The maximum atomic E-state index is 11.7. The minimum atomic E-state index is -0.267. The summed E-state index contributed by atoms with van der Waals surface area (Å²) in [7, 11) is 0. The van der Waals surface area contributed by atoms with Crippen LogP contribution in [0, 0.1) is 5.92 Å². The lowest BCUT2D eigenvalue weighted by molar-refractivity contribution is 0.0526. The average molecular weight is 303 g/mol. The molecule has 0 bridgehead atoms. The van der Waals surface area contributed by atoms with Crippen LogP contribution >= 0.6 is 0 Å². The van der Waals surface area contributed by atoms with Crippen LogP contribution in [-0.4, -0.2) is 45.9 Å². The van der Waals surface area contributed by atoms with E-state index in [1.54, 1.807) is 6.20 Å². The number of rotatable bonds is 5. The molecule has 0 amide bonds. The largest absolute Gasteiger partial charge is 0.462 e. The summed E-state index contributed by atoms with van der Waals surface area (Å²) in [5.41, 5.74) is 1.16. The summed E-state index contributed by atoms with van der Waals surface area (Å²) in [5, 5.41) is 4.39. The van der Waals surface area contributed by atoms with Crippen LogP contribution in [0.1, 0.15) is 61.8 Å². The van der Waals surface area contributed by atoms with Gasteiger partial charge in [0.1, 0.15) is 0 Å². The Kier molecular flexibility index (Phi) is 3.48. The van der Waals surface area contributed by atoms with E-state index in [4.69, 9.17) is 4.74 Å². The molecule has 3 aliphatic rings. The molecule has 5 nitrogen and oxygen atoms in total. The van der Waals surface area contributed by atoms with Crippen molar-refractivity contribution in [3.05, 3.63) is 18.0 Å². The van der Waals surface area contributed by atoms with E-state index in [9.17, 15) is 4.79 Å². The second-order valence-corrected chi connectivity index (χ2v) is 7.03. The molecule has 2 saturated carbocycles. The molecule has 2 aliphatic carbocycles. The van der Waals surface area contributed by atoms with Crippen molar-refractivity contribution in [3.8, 4) is 0 Å². The third-order valence-electron chi connectivity index (χ3n) is 5.68. The number of hydrogen-bond donors (Lipinski definition) is 0. The molecule has 2 heterocycles. The Balaban J connectivity index is 1.36. The van der Waals surface area contributed by atoms with Crippen molar-refractivity contribution in [2.75, 3.05) is 19.7 Å². The van der Waals surface area contributed by atoms with Crippen molar-refractivity contribution >= 4 is 5.97 Å². The zero-order chi connectivity index (χ0) is 15.2. The van der Waals surface area contributed by atoms with E-state index in [1.165, 1.54) is 38.8 Å². The Morgan fingerprint density at radius 2 is 2.05 bits per heavy atom. The summed E-state index contributed by atoms with van der Waals surface area (Å²) in [6, 6.07) is 0.425. The van der Waals surface area contributed by atoms with Gasteiger partial charge in [0.25, 0.3) is 0 Å². The van der Waals surface area contributed by atoms with E-state index in [-0.39, 0.29) is 5.97 Å². The first kappa shape index (κ1) is 14.2. The lowest BCUT2D eigenvalue weighted by Crippen LogP contribution is -2.44. The monoisotopic (exact) mass is 303 g/mol. The second-order valence-electron chi connectivity index (χ2n) is 7.03. The first-order valence-electron chi connectivity index (χ1n) is 8.69. The topological polar surface area (TPSA) is 47.4 Å². The minimum Gasteiger partial charge on any atom is -0.462 e. The number of aromatic nitrogens is 2. The standard InChI is InChI=1S/C17H25N3O2/c1-2-22-16(21)13-11-18-20(12-13)15-5-9-19(10-6-15)17(7-8-17)14-3-4-14/h11-12,14-15H,2-10H2,1H3. The number of likely N-dealkylation sites (tertiary alicyclic amines) is 1. The van der Waals surface area contributed by atoms with E-state index < -0.39 is 0 Å². The second kappa shape index (κ2) is 5.37. The van der Waals surface area contributed by atoms with Crippen LogP contribution in [0.3, 0.4) is 0 Å². The van der Waals surface area contributed by atoms with Gasteiger partial charge in [-0.05, 0) is 51.4 Å². The lowest BCUT2D eigenvalue weighted by atomic mass is 10.00. The first-order chi connectivity index (χ1) is 10.7. The van der Waals surface area contributed by atoms with Crippen LogP contribution in [0.2, 0.25) is 0 Å². The SMILES string of the molecule is CCOC(=O)c1cnn(C2CCN(C3(C4CC4)CC3)CC2)c1. The van der Waals surface area contributed by atoms with Crippen molar-refractivity contribution in [3.63, 3.8) is 0 Å². The van der Waals surface area contributed by atoms with Gasteiger partial charge in [-0.25, -0.2) is 4.79 Å². The molecule has 1 saturated heterocycles. The van der Waals surface area contributed by atoms with E-state index in [0.29, 0.717) is 23.8 Å². The van der Waals surface area contributed by atoms with Crippen LogP contribution in [0.4, 0.5) is 0 Å². The number of esters is 1. The summed E-state index contributed by atoms with van der Waals surface area (Å²) < 4.78 is 7.00. The number of piperidine rings is 1. The smallest absolute Gasteiger partial charge is 0.341 e. The van der Waals surface area contributed by atoms with Gasteiger partial charge in [-0.15, -0.1) is 0 Å². The van der Waals surface area contributed by atoms with Crippen molar-refractivity contribution in [2.45, 2.75) is 57.0 Å². The lowest BCUT2D eigenvalue weighted by Gasteiger charge is -2.38. The minimum absolute atomic E-state index is 0.267. The molecule has 4 rings (SSSR count). The van der Waals surface area contributed by atoms with Crippen molar-refractivity contribution in [1.29, 1.82) is 0 Å². The summed E-state index contributed by atoms with van der Waals surface area (Å²) in [6.07, 6.45) is 11.5. The highest BCUT2D eigenvalue weighted by Gasteiger charge is 2.57. The van der Waals surface area contributed by atoms with Crippen LogP contribution in [0.25, 0.3) is 0 Å². The summed E-state index contributed by atoms with van der Waals surface area (Å²) in [6.45, 7) is 4.59. The first-order valence-corrected chi connectivity index (χ1v) is 8.69. The van der Waals surface area contributed by atoms with Gasteiger partial charge in [0.05, 0.1) is 24.4 Å². The van der Waals surface area contributed by atoms with E-state index in [2.05, 4.69) is 10.00 Å². The van der Waals surface area contributed by atoms with Crippen LogP contribution < -0.4 is 0 Å². The zero-order valence-corrected chi connectivity index (χ0v) is 13.3. The quantitative estimate of drug-likeness (QED) is 0.785. The van der Waals surface area contributed by atoms with Gasteiger partial charge in [-0.1, -0.05) is 0 Å². The number of ether oxygens (including phenoxy) is 1. The molecular weight excluding hydrogens is 278 g/mol. The molecule has 1 aromatic heterocycles. The average Bonchev–Trinajstić information content (AvgIpc) is 3.44. The van der Waals surface area contributed by atoms with Crippen molar-refractivity contribution < 1.29 is 9.53 Å². The predicted molar refractivity (Wildman–Crippen MR) is 82.7 cm³/mol. The molecule has 3 fully saturated rings. The van der Waals surface area contributed by atoms with E-state index in [1.807, 2.05) is 17.8 Å². The molecule has 5 heteroatoms. The van der Waals surface area contributed by atoms with Crippen LogP contribution in [0.15, 0.2) is 12.4 Å². The zero-order valence-electron chi connectivity index (χ0n) is 13.3. The van der Waals surface area contributed by atoms with Gasteiger partial charge in [-0.2, -0.15) is 5.10 Å². The van der Waals surface area contributed by atoms with Gasteiger partial charge in [0.2, 0.25) is 0 Å². The maximum absolute atomic E-state index is 11.7. The third kappa shape index (κ3) is 2.45. The van der Waals surface area contributed by atoms with E-state index in [0.717, 1.165) is 18.8 Å². The fourth-order valence-corrected chi connectivity index (χ4v) is 4.16. The van der Waals surface area contributed by atoms with Gasteiger partial charge in [0, 0.05) is 24.8 Å². The number of nitrogens with zero attached hydrogens (tertiary/aromatic N) is 3. The Labute approximate surface area is 131 Å². The van der Waals surface area contributed by atoms with Crippen LogP contribution in [0.5, 0.6) is 0 Å². The van der Waals surface area contributed by atoms with E-state index >= 15 is 0 Å². The van der Waals surface area contributed by atoms with Gasteiger partial charge in [0.15, 0.2) is 0 Å². The molecular formula is C17H25N3O2. The van der Waals surface area contributed by atoms with Gasteiger partial charge >= 0.3 is 5.97 Å². The summed E-state index contributed by atoms with van der Waals surface area (Å²) in [5.74, 6) is 0.723.